The largest absolute Gasteiger partial charge is 0.499 e. The van der Waals surface area contributed by atoms with Gasteiger partial charge in [-0.2, -0.15) is 0 Å². The summed E-state index contributed by atoms with van der Waals surface area (Å²) in [6.07, 6.45) is 5.96. The zero-order chi connectivity index (χ0) is 9.10. The van der Waals surface area contributed by atoms with Crippen LogP contribution in [0.5, 0.6) is 0 Å². The average Bonchev–Trinajstić information content (AvgIpc) is 2.57. The summed E-state index contributed by atoms with van der Waals surface area (Å²) >= 11 is 5.78. The van der Waals surface area contributed by atoms with Crippen LogP contribution < -0.4 is 5.32 Å². The molecule has 0 unspecified atom stereocenters. The lowest BCUT2D eigenvalue weighted by Crippen LogP contribution is -1.97. The molecule has 4 heteroatoms. The van der Waals surface area contributed by atoms with Crippen molar-refractivity contribution < 1.29 is 4.74 Å². The number of pyridine rings is 1. The minimum atomic E-state index is 0.629. The fourth-order valence-electron chi connectivity index (χ4n) is 1.14. The van der Waals surface area contributed by atoms with Gasteiger partial charge in [0.2, 0.25) is 0 Å². The highest BCUT2D eigenvalue weighted by Crippen LogP contribution is 2.17. The molecule has 0 amide bonds. The predicted octanol–water partition coefficient (Wildman–Crippen LogP) is 2.41. The lowest BCUT2D eigenvalue weighted by molar-refractivity contribution is 0.281. The van der Waals surface area contributed by atoms with Crippen LogP contribution in [-0.4, -0.2) is 11.6 Å². The van der Waals surface area contributed by atoms with Gasteiger partial charge in [-0.15, -0.1) is 0 Å². The van der Waals surface area contributed by atoms with E-state index >= 15 is 0 Å². The first-order valence-corrected chi connectivity index (χ1v) is 4.40. The number of nitrogens with zero attached hydrogens (tertiary/aromatic N) is 1. The molecule has 2 heterocycles. The molecule has 0 aromatic carbocycles. The van der Waals surface area contributed by atoms with Gasteiger partial charge in [0.05, 0.1) is 29.2 Å². The van der Waals surface area contributed by atoms with Crippen LogP contribution in [-0.2, 0) is 4.74 Å². The molecule has 0 saturated heterocycles. The zero-order valence-corrected chi connectivity index (χ0v) is 7.71. The lowest BCUT2D eigenvalue weighted by atomic mass is 10.3. The predicted molar refractivity (Wildman–Crippen MR) is 51.5 cm³/mol. The molecule has 0 bridgehead atoms. The first-order valence-electron chi connectivity index (χ1n) is 4.03. The van der Waals surface area contributed by atoms with Crippen molar-refractivity contribution in [3.63, 3.8) is 0 Å². The summed E-state index contributed by atoms with van der Waals surface area (Å²) in [7, 11) is 0. The van der Waals surface area contributed by atoms with E-state index in [0.717, 1.165) is 24.4 Å². The van der Waals surface area contributed by atoms with E-state index in [1.807, 2.05) is 6.07 Å². The minimum absolute atomic E-state index is 0.629. The normalized spacial score (nSPS) is 15.0. The average molecular weight is 197 g/mol. The third-order valence-corrected chi connectivity index (χ3v) is 1.93. The second kappa shape index (κ2) is 3.66. The number of ether oxygens (including phenoxy) is 1. The Kier molecular flexibility index (Phi) is 2.36. The Bertz CT molecular complexity index is 338. The maximum atomic E-state index is 5.78. The Morgan fingerprint density at radius 3 is 3.08 bits per heavy atom. The van der Waals surface area contributed by atoms with Crippen LogP contribution in [0.15, 0.2) is 30.4 Å². The molecular formula is C9H9ClN2O. The van der Waals surface area contributed by atoms with Gasteiger partial charge in [-0.25, -0.2) is 0 Å². The molecule has 0 aliphatic carbocycles. The number of hydrogen-bond donors (Lipinski definition) is 1. The molecule has 0 fully saturated rings. The molecule has 13 heavy (non-hydrogen) atoms. The standard InChI is InChI=1S/C9H9ClN2O/c10-7-3-9(5-11-4-7)12-8-1-2-13-6-8/h3-6,12H,1-2H2. The topological polar surface area (TPSA) is 34.2 Å². The van der Waals surface area contributed by atoms with E-state index < -0.39 is 0 Å². The SMILES string of the molecule is Clc1cncc(NC2=COCC2)c1. The minimum Gasteiger partial charge on any atom is -0.499 e. The van der Waals surface area contributed by atoms with E-state index in [1.54, 1.807) is 18.7 Å². The fourth-order valence-corrected chi connectivity index (χ4v) is 1.32. The quantitative estimate of drug-likeness (QED) is 0.789. The van der Waals surface area contributed by atoms with Gasteiger partial charge < -0.3 is 10.1 Å². The van der Waals surface area contributed by atoms with Gasteiger partial charge >= 0.3 is 0 Å². The highest BCUT2D eigenvalue weighted by Gasteiger charge is 2.05. The van der Waals surface area contributed by atoms with Crippen LogP contribution in [0.3, 0.4) is 0 Å². The summed E-state index contributed by atoms with van der Waals surface area (Å²) in [5.41, 5.74) is 1.95. The summed E-state index contributed by atoms with van der Waals surface area (Å²) < 4.78 is 5.08. The Balaban J connectivity index is 2.09. The molecular weight excluding hydrogens is 188 g/mol. The second-order valence-corrected chi connectivity index (χ2v) is 3.22. The molecule has 68 valence electrons. The monoisotopic (exact) mass is 196 g/mol. The van der Waals surface area contributed by atoms with Gasteiger partial charge in [0.25, 0.3) is 0 Å². The van der Waals surface area contributed by atoms with E-state index in [2.05, 4.69) is 10.3 Å². The van der Waals surface area contributed by atoms with Gasteiger partial charge in [0.1, 0.15) is 6.26 Å². The summed E-state index contributed by atoms with van der Waals surface area (Å²) in [5, 5.41) is 3.80. The van der Waals surface area contributed by atoms with Crippen LogP contribution in [0.25, 0.3) is 0 Å². The lowest BCUT2D eigenvalue weighted by Gasteiger charge is -2.04. The van der Waals surface area contributed by atoms with E-state index in [1.165, 1.54) is 0 Å². The van der Waals surface area contributed by atoms with Crippen molar-refractivity contribution in [2.75, 3.05) is 11.9 Å². The van der Waals surface area contributed by atoms with Crippen molar-refractivity contribution in [2.45, 2.75) is 6.42 Å². The zero-order valence-electron chi connectivity index (χ0n) is 6.96. The molecule has 2 rings (SSSR count). The van der Waals surface area contributed by atoms with Crippen LogP contribution in [0, 0.1) is 0 Å². The third kappa shape index (κ3) is 2.12. The van der Waals surface area contributed by atoms with E-state index in [0.29, 0.717) is 5.02 Å². The Morgan fingerprint density at radius 1 is 1.46 bits per heavy atom. The van der Waals surface area contributed by atoms with Crippen LogP contribution in [0.2, 0.25) is 5.02 Å². The maximum absolute atomic E-state index is 5.78. The van der Waals surface area contributed by atoms with Crippen molar-refractivity contribution in [3.05, 3.63) is 35.4 Å². The van der Waals surface area contributed by atoms with Crippen molar-refractivity contribution in [3.8, 4) is 0 Å². The number of halogens is 1. The Hall–Kier alpha value is -1.22. The molecule has 0 spiro atoms. The molecule has 0 saturated carbocycles. The summed E-state index contributed by atoms with van der Waals surface area (Å²) in [6, 6.07) is 1.83. The van der Waals surface area contributed by atoms with Crippen molar-refractivity contribution >= 4 is 17.3 Å². The van der Waals surface area contributed by atoms with Gasteiger partial charge in [-0.05, 0) is 6.07 Å². The Morgan fingerprint density at radius 2 is 2.38 bits per heavy atom. The van der Waals surface area contributed by atoms with E-state index in [-0.39, 0.29) is 0 Å². The first kappa shape index (κ1) is 8.38. The summed E-state index contributed by atoms with van der Waals surface area (Å²) in [4.78, 5) is 3.96. The molecule has 1 aromatic heterocycles. The highest BCUT2D eigenvalue weighted by molar-refractivity contribution is 6.30. The van der Waals surface area contributed by atoms with Crippen molar-refractivity contribution in [1.29, 1.82) is 0 Å². The number of hydrogen-bond acceptors (Lipinski definition) is 3. The van der Waals surface area contributed by atoms with Gasteiger partial charge in [0.15, 0.2) is 0 Å². The second-order valence-electron chi connectivity index (χ2n) is 2.78. The van der Waals surface area contributed by atoms with E-state index in [9.17, 15) is 0 Å². The molecule has 0 radical (unpaired) electrons. The fraction of sp³-hybridized carbons (Fsp3) is 0.222. The number of nitrogens with one attached hydrogen (secondary N) is 1. The van der Waals surface area contributed by atoms with Crippen LogP contribution >= 0.6 is 11.6 Å². The van der Waals surface area contributed by atoms with E-state index in [4.69, 9.17) is 16.3 Å². The van der Waals surface area contributed by atoms with Gasteiger partial charge in [0, 0.05) is 12.6 Å². The number of aromatic nitrogens is 1. The summed E-state index contributed by atoms with van der Waals surface area (Å²) in [5.74, 6) is 0. The van der Waals surface area contributed by atoms with Crippen molar-refractivity contribution in [1.82, 2.24) is 4.98 Å². The molecule has 0 atom stereocenters. The van der Waals surface area contributed by atoms with Crippen LogP contribution in [0.1, 0.15) is 6.42 Å². The van der Waals surface area contributed by atoms with Crippen LogP contribution in [0.4, 0.5) is 5.69 Å². The Labute approximate surface area is 81.4 Å². The summed E-state index contributed by atoms with van der Waals surface area (Å²) in [6.45, 7) is 0.746. The van der Waals surface area contributed by atoms with Gasteiger partial charge in [-0.3, -0.25) is 4.98 Å². The maximum Gasteiger partial charge on any atom is 0.102 e. The first-order chi connectivity index (χ1) is 6.34. The highest BCUT2D eigenvalue weighted by atomic mass is 35.5. The molecule has 3 nitrogen and oxygen atoms in total. The van der Waals surface area contributed by atoms with Gasteiger partial charge in [-0.1, -0.05) is 11.6 Å². The molecule has 1 aliphatic rings. The molecule has 1 aromatic rings. The van der Waals surface area contributed by atoms with Crippen molar-refractivity contribution in [2.24, 2.45) is 0 Å². The molecule has 1 N–H and O–H groups in total. The number of anilines is 1. The molecule has 1 aliphatic heterocycles. The number of rotatable bonds is 2. The smallest absolute Gasteiger partial charge is 0.102 e. The third-order valence-electron chi connectivity index (χ3n) is 1.72.